The summed E-state index contributed by atoms with van der Waals surface area (Å²) in [5, 5.41) is 11.5. The Morgan fingerprint density at radius 1 is 1.22 bits per heavy atom. The van der Waals surface area contributed by atoms with Crippen molar-refractivity contribution in [1.82, 2.24) is 4.90 Å². The molecule has 1 saturated heterocycles. The van der Waals surface area contributed by atoms with Gasteiger partial charge in [-0.15, -0.1) is 0 Å². The molecule has 0 aromatic heterocycles. The van der Waals surface area contributed by atoms with Gasteiger partial charge in [-0.25, -0.2) is 9.18 Å². The fourth-order valence-corrected chi connectivity index (χ4v) is 3.89. The molecule has 1 aliphatic heterocycles. The first-order chi connectivity index (χ1) is 12.6. The minimum atomic E-state index is -1.25. The Morgan fingerprint density at radius 2 is 1.89 bits per heavy atom. The van der Waals surface area contributed by atoms with Crippen molar-refractivity contribution in [3.63, 3.8) is 0 Å². The molecule has 1 aromatic rings. The van der Waals surface area contributed by atoms with Crippen LogP contribution >= 0.6 is 0 Å². The molecule has 1 saturated carbocycles. The van der Waals surface area contributed by atoms with Crippen molar-refractivity contribution in [2.75, 3.05) is 6.54 Å². The third-order valence-corrected chi connectivity index (χ3v) is 5.41. The van der Waals surface area contributed by atoms with Crippen molar-refractivity contribution in [3.05, 3.63) is 35.4 Å². The number of hydrogen-bond donors (Lipinski definition) is 0. The van der Waals surface area contributed by atoms with Crippen molar-refractivity contribution in [3.8, 4) is 0 Å². The fraction of sp³-hybridized carbons (Fsp3) is 0.619. The summed E-state index contributed by atoms with van der Waals surface area (Å²) < 4.78 is 18.9. The van der Waals surface area contributed by atoms with E-state index in [1.54, 1.807) is 20.8 Å². The van der Waals surface area contributed by atoms with E-state index in [0.29, 0.717) is 25.8 Å². The number of likely N-dealkylation sites (tertiary alicyclic amines) is 1. The van der Waals surface area contributed by atoms with Crippen LogP contribution in [0.2, 0.25) is 0 Å². The van der Waals surface area contributed by atoms with E-state index >= 15 is 0 Å². The van der Waals surface area contributed by atoms with Crippen LogP contribution in [0, 0.1) is 5.92 Å². The summed E-state index contributed by atoms with van der Waals surface area (Å²) in [4.78, 5) is 25.1. The van der Waals surface area contributed by atoms with Crippen LogP contribution in [0.15, 0.2) is 24.3 Å². The van der Waals surface area contributed by atoms with Crippen LogP contribution in [0.4, 0.5) is 9.18 Å². The van der Waals surface area contributed by atoms with Crippen molar-refractivity contribution >= 4 is 12.1 Å². The maximum Gasteiger partial charge on any atom is 0.410 e. The number of benzene rings is 1. The highest BCUT2D eigenvalue weighted by Gasteiger charge is 2.38. The summed E-state index contributed by atoms with van der Waals surface area (Å²) in [6.45, 7) is 5.57. The van der Waals surface area contributed by atoms with Gasteiger partial charge in [0.2, 0.25) is 0 Å². The zero-order chi connectivity index (χ0) is 19.8. The third-order valence-electron chi connectivity index (χ3n) is 5.41. The fourth-order valence-electron chi connectivity index (χ4n) is 3.89. The molecule has 2 unspecified atom stereocenters. The van der Waals surface area contributed by atoms with Gasteiger partial charge in [0.25, 0.3) is 0 Å². The van der Waals surface area contributed by atoms with Gasteiger partial charge >= 0.3 is 6.09 Å². The number of carbonyl (C=O) groups excluding carboxylic acids is 2. The second kappa shape index (κ2) is 7.49. The predicted molar refractivity (Wildman–Crippen MR) is 96.9 cm³/mol. The number of hydrogen-bond acceptors (Lipinski definition) is 4. The molecule has 1 aromatic carbocycles. The third kappa shape index (κ3) is 4.60. The topological polar surface area (TPSA) is 69.7 Å². The molecule has 1 aliphatic carbocycles. The number of carboxylic acid groups (broad SMARTS) is 1. The van der Waals surface area contributed by atoms with Crippen LogP contribution in [0.25, 0.3) is 0 Å². The smallest absolute Gasteiger partial charge is 0.410 e. The number of carboxylic acids is 1. The second-order valence-corrected chi connectivity index (χ2v) is 8.71. The molecular formula is C21H27FNO4-. The molecule has 3 rings (SSSR count). The van der Waals surface area contributed by atoms with Crippen LogP contribution in [0.5, 0.6) is 0 Å². The van der Waals surface area contributed by atoms with Crippen LogP contribution in [0.3, 0.4) is 0 Å². The summed E-state index contributed by atoms with van der Waals surface area (Å²) >= 11 is 0. The molecule has 27 heavy (non-hydrogen) atoms. The molecular weight excluding hydrogens is 349 g/mol. The van der Waals surface area contributed by atoms with Crippen LogP contribution in [-0.4, -0.2) is 41.3 Å². The van der Waals surface area contributed by atoms with Gasteiger partial charge < -0.3 is 14.6 Å². The molecule has 0 N–H and O–H groups in total. The minimum absolute atomic E-state index is 0.00987. The highest BCUT2D eigenvalue weighted by molar-refractivity contribution is 5.79. The van der Waals surface area contributed by atoms with Crippen molar-refractivity contribution < 1.29 is 23.8 Å². The highest BCUT2D eigenvalue weighted by atomic mass is 19.1. The lowest BCUT2D eigenvalue weighted by atomic mass is 9.78. The SMILES string of the molecule is CC(C)(C)OC(=O)N1C[C@H](Cc2ccc(C3CCC3F)cc2)C[C@H]1C(=O)[O-]. The predicted octanol–water partition coefficient (Wildman–Crippen LogP) is 2.82. The Bertz CT molecular complexity index is 697. The van der Waals surface area contributed by atoms with Crippen LogP contribution in [-0.2, 0) is 16.0 Å². The molecule has 2 aliphatic rings. The molecule has 0 spiro atoms. The van der Waals surface area contributed by atoms with E-state index < -0.39 is 29.9 Å². The molecule has 0 bridgehead atoms. The Balaban J connectivity index is 1.63. The van der Waals surface area contributed by atoms with E-state index in [4.69, 9.17) is 4.74 Å². The van der Waals surface area contributed by atoms with E-state index in [2.05, 4.69) is 0 Å². The van der Waals surface area contributed by atoms with Gasteiger partial charge in [-0.1, -0.05) is 24.3 Å². The molecule has 1 amide bonds. The average Bonchev–Trinajstić information content (AvgIpc) is 2.98. The Kier molecular flexibility index (Phi) is 5.45. The zero-order valence-electron chi connectivity index (χ0n) is 16.1. The normalized spacial score (nSPS) is 27.9. The highest BCUT2D eigenvalue weighted by Crippen LogP contribution is 2.39. The number of rotatable bonds is 4. The van der Waals surface area contributed by atoms with Crippen LogP contribution in [0.1, 0.15) is 57.1 Å². The van der Waals surface area contributed by atoms with Crippen molar-refractivity contribution in [1.29, 1.82) is 0 Å². The minimum Gasteiger partial charge on any atom is -0.548 e. The van der Waals surface area contributed by atoms with E-state index in [-0.39, 0.29) is 11.8 Å². The number of ether oxygens (including phenoxy) is 1. The van der Waals surface area contributed by atoms with Crippen LogP contribution < -0.4 is 5.11 Å². The number of aliphatic carboxylic acids is 1. The monoisotopic (exact) mass is 376 g/mol. The van der Waals surface area contributed by atoms with Gasteiger partial charge in [0, 0.05) is 12.5 Å². The molecule has 0 radical (unpaired) electrons. The first-order valence-electron chi connectivity index (χ1n) is 9.57. The van der Waals surface area contributed by atoms with Crippen molar-refractivity contribution in [2.45, 2.75) is 70.2 Å². The van der Waals surface area contributed by atoms with Gasteiger partial charge in [-0.2, -0.15) is 0 Å². The number of nitrogens with zero attached hydrogens (tertiary/aromatic N) is 1. The molecule has 1 heterocycles. The maximum absolute atomic E-state index is 13.5. The maximum atomic E-state index is 13.5. The van der Waals surface area contributed by atoms with Gasteiger partial charge in [-0.3, -0.25) is 4.90 Å². The van der Waals surface area contributed by atoms with E-state index in [0.717, 1.165) is 17.5 Å². The number of amides is 1. The first kappa shape index (κ1) is 19.6. The zero-order valence-corrected chi connectivity index (χ0v) is 16.1. The second-order valence-electron chi connectivity index (χ2n) is 8.71. The largest absolute Gasteiger partial charge is 0.548 e. The Labute approximate surface area is 159 Å². The summed E-state index contributed by atoms with van der Waals surface area (Å²) in [5.74, 6) is -1.22. The summed E-state index contributed by atoms with van der Waals surface area (Å²) in [6.07, 6.45) is 1.18. The molecule has 6 heteroatoms. The number of alkyl halides is 1. The summed E-state index contributed by atoms with van der Waals surface area (Å²) in [7, 11) is 0. The van der Waals surface area contributed by atoms with Gasteiger partial charge in [0.1, 0.15) is 11.8 Å². The van der Waals surface area contributed by atoms with Gasteiger partial charge in [-0.05, 0) is 63.5 Å². The Hall–Kier alpha value is -2.11. The summed E-state index contributed by atoms with van der Waals surface area (Å²) in [5.41, 5.74) is 1.39. The molecule has 2 fully saturated rings. The average molecular weight is 376 g/mol. The van der Waals surface area contributed by atoms with Gasteiger partial charge in [0.15, 0.2) is 0 Å². The van der Waals surface area contributed by atoms with Crippen molar-refractivity contribution in [2.24, 2.45) is 5.92 Å². The lowest BCUT2D eigenvalue weighted by Crippen LogP contribution is -2.48. The molecule has 5 nitrogen and oxygen atoms in total. The first-order valence-corrected chi connectivity index (χ1v) is 9.57. The number of halogens is 1. The summed E-state index contributed by atoms with van der Waals surface area (Å²) in [6, 6.07) is 6.91. The van der Waals surface area contributed by atoms with Gasteiger partial charge in [0.05, 0.1) is 12.0 Å². The lowest BCUT2D eigenvalue weighted by Gasteiger charge is -2.30. The van der Waals surface area contributed by atoms with E-state index in [9.17, 15) is 19.1 Å². The van der Waals surface area contributed by atoms with E-state index in [1.165, 1.54) is 4.90 Å². The molecule has 4 atom stereocenters. The van der Waals surface area contributed by atoms with E-state index in [1.807, 2.05) is 24.3 Å². The number of carbonyl (C=O) groups is 2. The Morgan fingerprint density at radius 3 is 2.37 bits per heavy atom. The quantitative estimate of drug-likeness (QED) is 0.810. The molecule has 148 valence electrons. The standard InChI is InChI=1S/C21H28FNO4/c1-21(2,3)27-20(26)23-12-14(11-18(23)19(24)25)10-13-4-6-15(7-5-13)16-8-9-17(16)22/h4-7,14,16-18H,8-12H2,1-3H3,(H,24,25)/p-1/t14-,16?,17?,18+/m1/s1. The lowest BCUT2D eigenvalue weighted by molar-refractivity contribution is -0.310.